The minimum atomic E-state index is -1.15. The van der Waals surface area contributed by atoms with Gasteiger partial charge in [-0.2, -0.15) is 0 Å². The van der Waals surface area contributed by atoms with Crippen molar-refractivity contribution in [3.63, 3.8) is 0 Å². The van der Waals surface area contributed by atoms with Gasteiger partial charge in [0, 0.05) is 6.42 Å². The van der Waals surface area contributed by atoms with Crippen LogP contribution in [0.3, 0.4) is 0 Å². The maximum Gasteiger partial charge on any atom is 0.307 e. The lowest BCUT2D eigenvalue weighted by Gasteiger charge is -2.37. The molecule has 2 aromatic carbocycles. The van der Waals surface area contributed by atoms with E-state index < -0.39 is 5.60 Å². The van der Waals surface area contributed by atoms with Crippen LogP contribution in [0.25, 0.3) is 0 Å². The number of hydrogen-bond donors (Lipinski definition) is 0. The molecule has 0 N–H and O–H groups in total. The van der Waals surface area contributed by atoms with Gasteiger partial charge in [0.1, 0.15) is 11.5 Å². The van der Waals surface area contributed by atoms with Crippen molar-refractivity contribution >= 4 is 5.97 Å². The predicted molar refractivity (Wildman–Crippen MR) is 87.9 cm³/mol. The van der Waals surface area contributed by atoms with E-state index >= 15 is 0 Å². The zero-order valence-corrected chi connectivity index (χ0v) is 13.2. The maximum atomic E-state index is 12.3. The molecule has 24 heavy (non-hydrogen) atoms. The van der Waals surface area contributed by atoms with Gasteiger partial charge in [0.05, 0.1) is 17.4 Å². The monoisotopic (exact) mass is 320 g/mol. The Hall–Kier alpha value is -3.01. The second-order valence-corrected chi connectivity index (χ2v) is 5.58. The molecular weight excluding hydrogens is 304 g/mol. The molecule has 1 aliphatic rings. The van der Waals surface area contributed by atoms with E-state index in [1.165, 1.54) is 0 Å². The summed E-state index contributed by atoms with van der Waals surface area (Å²) in [6.07, 6.45) is 1.85. The average molecular weight is 320 g/mol. The zero-order valence-electron chi connectivity index (χ0n) is 13.2. The first-order valence-corrected chi connectivity index (χ1v) is 7.88. The van der Waals surface area contributed by atoms with Crippen molar-refractivity contribution in [1.82, 2.24) is 0 Å². The summed E-state index contributed by atoms with van der Waals surface area (Å²) >= 11 is 0. The van der Waals surface area contributed by atoms with E-state index in [0.717, 1.165) is 11.1 Å². The van der Waals surface area contributed by atoms with Gasteiger partial charge in [-0.05, 0) is 24.3 Å². The van der Waals surface area contributed by atoms with Crippen LogP contribution < -0.4 is 4.74 Å². The van der Waals surface area contributed by atoms with Crippen molar-refractivity contribution < 1.29 is 18.7 Å². The first-order valence-electron chi connectivity index (χ1n) is 7.88. The molecule has 4 nitrogen and oxygen atoms in total. The Balaban J connectivity index is 2.06. The van der Waals surface area contributed by atoms with Crippen LogP contribution in [0.4, 0.5) is 0 Å². The zero-order chi connectivity index (χ0) is 16.6. The predicted octanol–water partition coefficient (Wildman–Crippen LogP) is 4.63. The number of fused-ring (bicyclic) bond motifs is 2. The molecule has 120 valence electrons. The molecular formula is C20H16O4. The smallest absolute Gasteiger partial charge is 0.307 e. The van der Waals surface area contributed by atoms with Gasteiger partial charge in [-0.25, -0.2) is 0 Å². The molecule has 0 fully saturated rings. The first kappa shape index (κ1) is 14.6. The summed E-state index contributed by atoms with van der Waals surface area (Å²) in [6, 6.07) is 18.7. The highest BCUT2D eigenvalue weighted by atomic mass is 16.6. The Bertz CT molecular complexity index is 835. The number of para-hydroxylation sites is 2. The Morgan fingerprint density at radius 2 is 1.58 bits per heavy atom. The van der Waals surface area contributed by atoms with Gasteiger partial charge in [-0.3, -0.25) is 4.79 Å². The van der Waals surface area contributed by atoms with Gasteiger partial charge < -0.3 is 13.9 Å². The largest absolute Gasteiger partial charge is 0.464 e. The molecule has 0 atom stereocenters. The van der Waals surface area contributed by atoms with Gasteiger partial charge in [-0.1, -0.05) is 43.3 Å². The number of esters is 1. The molecule has 4 rings (SSSR count). The third kappa shape index (κ3) is 2.03. The van der Waals surface area contributed by atoms with Crippen LogP contribution in [-0.4, -0.2) is 5.97 Å². The Labute approximate surface area is 139 Å². The van der Waals surface area contributed by atoms with Crippen LogP contribution >= 0.6 is 0 Å². The van der Waals surface area contributed by atoms with Crippen LogP contribution in [0, 0.1) is 0 Å². The van der Waals surface area contributed by atoms with Crippen LogP contribution in [0.1, 0.15) is 30.2 Å². The molecule has 0 radical (unpaired) electrons. The molecule has 3 aromatic rings. The molecule has 0 saturated heterocycles. The van der Waals surface area contributed by atoms with Crippen molar-refractivity contribution in [3.05, 3.63) is 83.8 Å². The minimum Gasteiger partial charge on any atom is -0.464 e. The molecule has 0 aliphatic carbocycles. The highest BCUT2D eigenvalue weighted by Crippen LogP contribution is 2.52. The lowest BCUT2D eigenvalue weighted by Crippen LogP contribution is -2.37. The normalized spacial score (nSPS) is 14.2. The summed E-state index contributed by atoms with van der Waals surface area (Å²) in [5.41, 5.74) is 0.350. The Morgan fingerprint density at radius 3 is 2.12 bits per heavy atom. The summed E-state index contributed by atoms with van der Waals surface area (Å²) in [6.45, 7) is 1.77. The fraction of sp³-hybridized carbons (Fsp3) is 0.150. The quantitative estimate of drug-likeness (QED) is 0.660. The van der Waals surface area contributed by atoms with Crippen LogP contribution in [0.2, 0.25) is 0 Å². The number of furan rings is 1. The van der Waals surface area contributed by atoms with Gasteiger partial charge in [0.15, 0.2) is 5.76 Å². The minimum absolute atomic E-state index is 0.271. The second-order valence-electron chi connectivity index (χ2n) is 5.58. The molecule has 0 spiro atoms. The van der Waals surface area contributed by atoms with Crippen molar-refractivity contribution in [2.24, 2.45) is 0 Å². The third-order valence-electron chi connectivity index (χ3n) is 4.18. The summed E-state index contributed by atoms with van der Waals surface area (Å²) in [7, 11) is 0. The number of carbonyl (C=O) groups is 1. The molecule has 4 heteroatoms. The molecule has 0 unspecified atom stereocenters. The number of ether oxygens (including phenoxy) is 2. The number of hydrogen-bond acceptors (Lipinski definition) is 4. The number of benzene rings is 2. The van der Waals surface area contributed by atoms with Crippen LogP contribution in [-0.2, 0) is 15.1 Å². The molecule has 0 bridgehead atoms. The van der Waals surface area contributed by atoms with Crippen molar-refractivity contribution in [1.29, 1.82) is 0 Å². The van der Waals surface area contributed by atoms with Gasteiger partial charge >= 0.3 is 5.97 Å². The molecule has 2 heterocycles. The number of carbonyl (C=O) groups excluding carboxylic acids is 1. The van der Waals surface area contributed by atoms with E-state index in [2.05, 4.69) is 0 Å². The van der Waals surface area contributed by atoms with Crippen molar-refractivity contribution in [3.8, 4) is 11.5 Å². The van der Waals surface area contributed by atoms with E-state index in [1.807, 2.05) is 54.6 Å². The fourth-order valence-electron chi connectivity index (χ4n) is 3.10. The summed E-state index contributed by atoms with van der Waals surface area (Å²) in [5, 5.41) is 0. The second kappa shape index (κ2) is 5.57. The molecule has 1 aliphatic heterocycles. The molecule has 1 aromatic heterocycles. The Morgan fingerprint density at radius 1 is 0.958 bits per heavy atom. The van der Waals surface area contributed by atoms with Crippen molar-refractivity contribution in [2.75, 3.05) is 0 Å². The van der Waals surface area contributed by atoms with Crippen LogP contribution in [0.5, 0.6) is 11.5 Å². The SMILES string of the molecule is CCC(=O)OC1(c2ccco2)c2ccccc2Oc2ccccc21. The fourth-order valence-corrected chi connectivity index (χ4v) is 3.10. The topological polar surface area (TPSA) is 48.7 Å². The number of rotatable bonds is 3. The summed E-state index contributed by atoms with van der Waals surface area (Å²) < 4.78 is 17.7. The standard InChI is InChI=1S/C20H16O4/c1-2-19(21)24-20(18-12-7-13-22-18)14-8-3-5-10-16(14)23-17-11-6-4-9-15(17)20/h3-13H,2H2,1H3. The highest BCUT2D eigenvalue weighted by molar-refractivity contribution is 5.73. The lowest BCUT2D eigenvalue weighted by molar-refractivity contribution is -0.154. The van der Waals surface area contributed by atoms with Gasteiger partial charge in [0.2, 0.25) is 5.60 Å². The average Bonchev–Trinajstić information content (AvgIpc) is 3.16. The van der Waals surface area contributed by atoms with Crippen LogP contribution in [0.15, 0.2) is 71.3 Å². The highest BCUT2D eigenvalue weighted by Gasteiger charge is 2.49. The van der Waals surface area contributed by atoms with E-state index in [0.29, 0.717) is 17.3 Å². The Kier molecular flexibility index (Phi) is 3.38. The molecule has 0 saturated carbocycles. The van der Waals surface area contributed by atoms with Gasteiger partial charge in [-0.15, -0.1) is 0 Å². The summed E-state index contributed by atoms with van der Waals surface area (Å²) in [4.78, 5) is 12.3. The van der Waals surface area contributed by atoms with E-state index in [9.17, 15) is 4.79 Å². The lowest BCUT2D eigenvalue weighted by atomic mass is 9.81. The van der Waals surface area contributed by atoms with E-state index in [4.69, 9.17) is 13.9 Å². The van der Waals surface area contributed by atoms with E-state index in [1.54, 1.807) is 19.3 Å². The maximum absolute atomic E-state index is 12.3. The molecule has 0 amide bonds. The first-order chi connectivity index (χ1) is 11.8. The van der Waals surface area contributed by atoms with Crippen molar-refractivity contribution in [2.45, 2.75) is 18.9 Å². The van der Waals surface area contributed by atoms with Gasteiger partial charge in [0.25, 0.3) is 0 Å². The third-order valence-corrected chi connectivity index (χ3v) is 4.18. The van der Waals surface area contributed by atoms with E-state index in [-0.39, 0.29) is 12.4 Å². The summed E-state index contributed by atoms with van der Waals surface area (Å²) in [5.74, 6) is 1.54.